The molecule has 0 saturated heterocycles. The first-order chi connectivity index (χ1) is 17.3. The molecule has 1 aliphatic rings. The van der Waals surface area contributed by atoms with Crippen LogP contribution in [0.2, 0.25) is 0 Å². The van der Waals surface area contributed by atoms with Crippen molar-refractivity contribution in [3.05, 3.63) is 42.5 Å². The van der Waals surface area contributed by atoms with Gasteiger partial charge in [0.25, 0.3) is 6.43 Å². The predicted molar refractivity (Wildman–Crippen MR) is 135 cm³/mol. The van der Waals surface area contributed by atoms with Crippen molar-refractivity contribution >= 4 is 34.3 Å². The Bertz CT molecular complexity index is 1360. The fourth-order valence-corrected chi connectivity index (χ4v) is 3.63. The van der Waals surface area contributed by atoms with E-state index in [-0.39, 0.29) is 23.3 Å². The van der Waals surface area contributed by atoms with Gasteiger partial charge in [-0.25, -0.2) is 18.7 Å². The number of imidazole rings is 1. The second-order valence-corrected chi connectivity index (χ2v) is 8.56. The molecule has 1 amide bonds. The molecule has 0 bridgehead atoms. The lowest BCUT2D eigenvalue weighted by Crippen LogP contribution is -2.14. The van der Waals surface area contributed by atoms with Crippen molar-refractivity contribution in [1.82, 2.24) is 24.7 Å². The quantitative estimate of drug-likeness (QED) is 0.297. The minimum atomic E-state index is -2.79. The number of halogens is 2. The molecule has 0 radical (unpaired) electrons. The number of aryl methyl sites for hydroxylation is 1. The van der Waals surface area contributed by atoms with Gasteiger partial charge in [0.15, 0.2) is 11.5 Å². The maximum atomic E-state index is 13.3. The first-order valence-corrected chi connectivity index (χ1v) is 11.8. The van der Waals surface area contributed by atoms with Crippen LogP contribution in [0.1, 0.15) is 45.4 Å². The molecule has 3 N–H and O–H groups in total. The average Bonchev–Trinajstić information content (AvgIpc) is 3.47. The largest absolute Gasteiger partial charge is 0.494 e. The lowest BCUT2D eigenvalue weighted by molar-refractivity contribution is -0.117. The molecule has 3 aromatic heterocycles. The van der Waals surface area contributed by atoms with Gasteiger partial charge in [-0.15, -0.1) is 0 Å². The number of rotatable bonds is 7. The van der Waals surface area contributed by atoms with Crippen LogP contribution in [0.5, 0.6) is 5.75 Å². The van der Waals surface area contributed by atoms with Gasteiger partial charge in [-0.3, -0.25) is 9.48 Å². The summed E-state index contributed by atoms with van der Waals surface area (Å²) in [7, 11) is 3.37. The number of hydrogen-bond acceptors (Lipinski definition) is 6. The fourth-order valence-electron chi connectivity index (χ4n) is 3.63. The number of amides is 1. The number of fused-ring (bicyclic) bond motifs is 1. The van der Waals surface area contributed by atoms with Gasteiger partial charge in [0.1, 0.15) is 17.1 Å². The lowest BCUT2D eigenvalue weighted by atomic mass is 10.1. The molecule has 9 nitrogen and oxygen atoms in total. The summed E-state index contributed by atoms with van der Waals surface area (Å²) < 4.78 is 34.0. The third kappa shape index (κ3) is 5.45. The summed E-state index contributed by atoms with van der Waals surface area (Å²) in [6.45, 7) is 4.25. The molecule has 5 rings (SSSR count). The van der Waals surface area contributed by atoms with E-state index in [0.29, 0.717) is 22.6 Å². The summed E-state index contributed by atoms with van der Waals surface area (Å²) in [4.78, 5) is 23.0. The van der Waals surface area contributed by atoms with Gasteiger partial charge in [0.05, 0.1) is 24.7 Å². The van der Waals surface area contributed by atoms with Gasteiger partial charge in [-0.2, -0.15) is 5.10 Å². The maximum Gasteiger partial charge on any atom is 0.295 e. The number of methoxy groups -OCH3 is 1. The fraction of sp³-hybridized carbons (Fsp3) is 0.360. The van der Waals surface area contributed by atoms with Crippen molar-refractivity contribution < 1.29 is 18.3 Å². The number of aromatic amines is 1. The zero-order valence-corrected chi connectivity index (χ0v) is 20.6. The third-order valence-corrected chi connectivity index (χ3v) is 5.39. The molecule has 0 atom stereocenters. The van der Waals surface area contributed by atoms with E-state index in [1.54, 1.807) is 30.1 Å². The SMILES string of the molecule is CCC.COc1c(Nc2cc(NC(=O)C3CC3)nc3nc(C(F)F)[nH]c23)cccc1-c1cnn(C)c1. The highest BCUT2D eigenvalue weighted by atomic mass is 19.3. The Kier molecular flexibility index (Phi) is 7.47. The van der Waals surface area contributed by atoms with E-state index in [9.17, 15) is 13.6 Å². The van der Waals surface area contributed by atoms with Gasteiger partial charge in [-0.05, 0) is 18.9 Å². The van der Waals surface area contributed by atoms with E-state index < -0.39 is 12.2 Å². The Balaban J connectivity index is 0.000000967. The number of hydrogen-bond donors (Lipinski definition) is 3. The Morgan fingerprint density at radius 3 is 2.61 bits per heavy atom. The highest BCUT2D eigenvalue weighted by molar-refractivity contribution is 5.97. The van der Waals surface area contributed by atoms with Gasteiger partial charge < -0.3 is 20.4 Å². The topological polar surface area (TPSA) is 110 Å². The van der Waals surface area contributed by atoms with E-state index in [2.05, 4.69) is 44.5 Å². The summed E-state index contributed by atoms with van der Waals surface area (Å²) in [5, 5.41) is 10.2. The second kappa shape index (κ2) is 10.7. The maximum absolute atomic E-state index is 13.3. The van der Waals surface area contributed by atoms with E-state index in [1.807, 2.05) is 25.4 Å². The number of carbonyl (C=O) groups is 1. The van der Waals surface area contributed by atoms with Crippen molar-refractivity contribution in [3.63, 3.8) is 0 Å². The molecule has 11 heteroatoms. The van der Waals surface area contributed by atoms with Gasteiger partial charge >= 0.3 is 0 Å². The lowest BCUT2D eigenvalue weighted by Gasteiger charge is -2.15. The molecule has 1 aliphatic carbocycles. The first-order valence-electron chi connectivity index (χ1n) is 11.8. The van der Waals surface area contributed by atoms with Crippen molar-refractivity contribution in [3.8, 4) is 16.9 Å². The van der Waals surface area contributed by atoms with Crippen molar-refractivity contribution in [2.45, 2.75) is 39.5 Å². The van der Waals surface area contributed by atoms with E-state index in [0.717, 1.165) is 24.0 Å². The zero-order valence-electron chi connectivity index (χ0n) is 20.6. The van der Waals surface area contributed by atoms with Crippen LogP contribution in [-0.4, -0.2) is 37.7 Å². The third-order valence-electron chi connectivity index (χ3n) is 5.39. The summed E-state index contributed by atoms with van der Waals surface area (Å²) in [5.74, 6) is 0.103. The van der Waals surface area contributed by atoms with Crippen LogP contribution in [0.15, 0.2) is 36.7 Å². The summed E-state index contributed by atoms with van der Waals surface area (Å²) >= 11 is 0. The first kappa shape index (κ1) is 25.1. The second-order valence-electron chi connectivity index (χ2n) is 8.56. The number of anilines is 3. The summed E-state index contributed by atoms with van der Waals surface area (Å²) in [6, 6.07) is 7.14. The highest BCUT2D eigenvalue weighted by Crippen LogP contribution is 2.39. The smallest absolute Gasteiger partial charge is 0.295 e. The average molecular weight is 498 g/mol. The zero-order chi connectivity index (χ0) is 25.8. The number of carbonyl (C=O) groups excluding carboxylic acids is 1. The molecule has 0 aliphatic heterocycles. The Morgan fingerprint density at radius 1 is 1.25 bits per heavy atom. The van der Waals surface area contributed by atoms with Crippen LogP contribution in [0.4, 0.5) is 26.0 Å². The van der Waals surface area contributed by atoms with Crippen LogP contribution in [0, 0.1) is 5.92 Å². The molecule has 0 spiro atoms. The van der Waals surface area contributed by atoms with Crippen molar-refractivity contribution in [2.75, 3.05) is 17.7 Å². The summed E-state index contributed by atoms with van der Waals surface area (Å²) in [6.07, 6.45) is 3.70. The number of H-pyrrole nitrogens is 1. The van der Waals surface area contributed by atoms with Crippen molar-refractivity contribution in [2.24, 2.45) is 13.0 Å². The van der Waals surface area contributed by atoms with E-state index in [4.69, 9.17) is 4.74 Å². The molecule has 36 heavy (non-hydrogen) atoms. The number of aromatic nitrogens is 5. The monoisotopic (exact) mass is 497 g/mol. The molecule has 190 valence electrons. The Morgan fingerprint density at radius 2 is 2.00 bits per heavy atom. The van der Waals surface area contributed by atoms with E-state index >= 15 is 0 Å². The molecule has 1 saturated carbocycles. The molecule has 0 unspecified atom stereocenters. The molecule has 1 fully saturated rings. The molecule has 1 aromatic carbocycles. The van der Waals surface area contributed by atoms with Crippen LogP contribution < -0.4 is 15.4 Å². The van der Waals surface area contributed by atoms with Crippen molar-refractivity contribution in [1.29, 1.82) is 0 Å². The molecular weight excluding hydrogens is 468 g/mol. The summed E-state index contributed by atoms with van der Waals surface area (Å²) in [5.41, 5.74) is 3.05. The number of alkyl halides is 2. The minimum absolute atomic E-state index is 0.0361. The van der Waals surface area contributed by atoms with Crippen LogP contribution in [0.3, 0.4) is 0 Å². The Labute approximate surface area is 207 Å². The number of pyridine rings is 1. The molecule has 4 aromatic rings. The molecule has 3 heterocycles. The van der Waals surface area contributed by atoms with Crippen LogP contribution >= 0.6 is 0 Å². The highest BCUT2D eigenvalue weighted by Gasteiger charge is 2.30. The van der Waals surface area contributed by atoms with Crippen LogP contribution in [0.25, 0.3) is 22.3 Å². The number of nitrogens with zero attached hydrogens (tertiary/aromatic N) is 4. The number of ether oxygens (including phenoxy) is 1. The van der Waals surface area contributed by atoms with Crippen LogP contribution in [-0.2, 0) is 11.8 Å². The minimum Gasteiger partial charge on any atom is -0.494 e. The number of para-hydroxylation sites is 1. The standard InChI is InChI=1S/C22H21F2N7O2.C3H8/c1-31-10-12(9-25-31)13-4-3-5-14(18(13)33-2)26-15-8-16(28-22(32)11-6-7-11)27-20-17(15)29-21(30-20)19(23)24;1-3-2/h3-5,8-11,19H,6-7H2,1-2H3,(H3,26,27,28,29,30,32);3H2,1-2H3. The Hall–Kier alpha value is -4.02. The molecular formula is C25H29F2N7O2. The predicted octanol–water partition coefficient (Wildman–Crippen LogP) is 5.81. The number of nitrogens with one attached hydrogen (secondary N) is 3. The normalized spacial score (nSPS) is 12.9. The number of benzene rings is 1. The van der Waals surface area contributed by atoms with Gasteiger partial charge in [-0.1, -0.05) is 32.4 Å². The van der Waals surface area contributed by atoms with Gasteiger partial charge in [0, 0.05) is 36.4 Å². The van der Waals surface area contributed by atoms with E-state index in [1.165, 1.54) is 6.42 Å². The van der Waals surface area contributed by atoms with Gasteiger partial charge in [0.2, 0.25) is 5.91 Å².